The van der Waals surface area contributed by atoms with E-state index in [1.54, 1.807) is 11.1 Å². The van der Waals surface area contributed by atoms with Crippen LogP contribution >= 0.6 is 0 Å². The average Bonchev–Trinajstić information content (AvgIpc) is 2.64. The fraction of sp³-hybridized carbons (Fsp3) is 0.412. The van der Waals surface area contributed by atoms with Crippen LogP contribution in [0.25, 0.3) is 10.9 Å². The molecule has 2 heterocycles. The lowest BCUT2D eigenvalue weighted by Gasteiger charge is -2.23. The Bertz CT molecular complexity index is 880. The molecule has 1 aliphatic rings. The summed E-state index contributed by atoms with van der Waals surface area (Å²) in [6.07, 6.45) is 1.69. The van der Waals surface area contributed by atoms with Crippen molar-refractivity contribution < 1.29 is 13.2 Å². The molecule has 1 atom stereocenters. The van der Waals surface area contributed by atoms with E-state index in [1.807, 2.05) is 38.1 Å². The number of hydrogen-bond donors (Lipinski definition) is 1. The summed E-state index contributed by atoms with van der Waals surface area (Å²) in [5, 5.41) is 3.86. The number of aryl methyl sites for hydroxylation is 1. The molecule has 1 saturated heterocycles. The highest BCUT2D eigenvalue weighted by Crippen LogP contribution is 2.24. The molecule has 0 spiro atoms. The van der Waals surface area contributed by atoms with Crippen molar-refractivity contribution in [3.8, 4) is 0 Å². The normalized spacial score (nSPS) is 20.6. The minimum absolute atomic E-state index is 0.0115. The minimum Gasteiger partial charge on any atom is -0.323 e. The molecular formula is C17H21N3O3S. The Morgan fingerprint density at radius 1 is 1.38 bits per heavy atom. The third-order valence-corrected chi connectivity index (χ3v) is 6.00. The molecule has 1 aromatic carbocycles. The van der Waals surface area contributed by atoms with Crippen molar-refractivity contribution in [2.75, 3.05) is 29.9 Å². The Morgan fingerprint density at radius 3 is 2.96 bits per heavy atom. The molecule has 128 valence electrons. The number of benzene rings is 1. The first kappa shape index (κ1) is 16.7. The lowest BCUT2D eigenvalue weighted by Crippen LogP contribution is -2.38. The smallest absolute Gasteiger partial charge is 0.321 e. The van der Waals surface area contributed by atoms with Crippen LogP contribution in [0.5, 0.6) is 0 Å². The van der Waals surface area contributed by atoms with E-state index in [4.69, 9.17) is 0 Å². The molecule has 1 N–H and O–H groups in total. The molecule has 1 aliphatic heterocycles. The third-order valence-electron chi connectivity index (χ3n) is 4.12. The summed E-state index contributed by atoms with van der Waals surface area (Å²) < 4.78 is 23.7. The molecular weight excluding hydrogens is 326 g/mol. The molecule has 1 fully saturated rings. The van der Waals surface area contributed by atoms with Crippen molar-refractivity contribution in [1.82, 2.24) is 9.88 Å². The molecule has 6 nitrogen and oxygen atoms in total. The molecule has 3 rings (SSSR count). The van der Waals surface area contributed by atoms with Crippen molar-refractivity contribution in [3.05, 3.63) is 36.0 Å². The maximum Gasteiger partial charge on any atom is 0.321 e. The van der Waals surface area contributed by atoms with Gasteiger partial charge in [0.2, 0.25) is 0 Å². The van der Waals surface area contributed by atoms with Crippen LogP contribution in [0.4, 0.5) is 10.5 Å². The quantitative estimate of drug-likeness (QED) is 0.859. The number of carbonyl (C=O) groups is 1. The molecule has 0 aliphatic carbocycles. The molecule has 2 aromatic rings. The van der Waals surface area contributed by atoms with Crippen LogP contribution < -0.4 is 5.32 Å². The van der Waals surface area contributed by atoms with Crippen LogP contribution in [0.1, 0.15) is 12.5 Å². The van der Waals surface area contributed by atoms with Crippen molar-refractivity contribution in [1.29, 1.82) is 0 Å². The first-order valence-corrected chi connectivity index (χ1v) is 9.78. The average molecular weight is 347 g/mol. The van der Waals surface area contributed by atoms with E-state index in [-0.39, 0.29) is 30.0 Å². The van der Waals surface area contributed by atoms with Gasteiger partial charge in [-0.3, -0.25) is 4.98 Å². The Balaban J connectivity index is 1.85. The second-order valence-corrected chi connectivity index (χ2v) is 8.71. The maximum atomic E-state index is 12.6. The maximum absolute atomic E-state index is 12.6. The second kappa shape index (κ2) is 6.39. The summed E-state index contributed by atoms with van der Waals surface area (Å²) in [5.74, 6) is 0.0687. The number of pyridine rings is 1. The van der Waals surface area contributed by atoms with Crippen molar-refractivity contribution in [2.45, 2.75) is 13.8 Å². The lowest BCUT2D eigenvalue weighted by molar-refractivity contribution is 0.210. The van der Waals surface area contributed by atoms with Crippen LogP contribution in [-0.4, -0.2) is 48.9 Å². The topological polar surface area (TPSA) is 79.4 Å². The highest BCUT2D eigenvalue weighted by molar-refractivity contribution is 7.91. The number of anilines is 1. The molecule has 0 bridgehead atoms. The van der Waals surface area contributed by atoms with Crippen molar-refractivity contribution in [3.63, 3.8) is 0 Å². The number of sulfone groups is 1. The zero-order valence-electron chi connectivity index (χ0n) is 13.8. The van der Waals surface area contributed by atoms with E-state index in [1.165, 1.54) is 0 Å². The molecule has 1 unspecified atom stereocenters. The Kier molecular flexibility index (Phi) is 4.45. The number of nitrogens with zero attached hydrogens (tertiary/aromatic N) is 2. The standard InChI is InChI=1S/C17H21N3O3S/c1-12-8-14-4-3-5-18-16(14)15(9-12)19-17(21)20-6-7-24(22,23)11-13(2)10-20/h3-5,8-9,13H,6-7,10-11H2,1-2H3,(H,19,21). The summed E-state index contributed by atoms with van der Waals surface area (Å²) in [6.45, 7) is 4.47. The van der Waals surface area contributed by atoms with E-state index in [2.05, 4.69) is 10.3 Å². The highest BCUT2D eigenvalue weighted by atomic mass is 32.2. The van der Waals surface area contributed by atoms with E-state index in [0.717, 1.165) is 16.5 Å². The number of hydrogen-bond acceptors (Lipinski definition) is 4. The van der Waals surface area contributed by atoms with Gasteiger partial charge < -0.3 is 10.2 Å². The van der Waals surface area contributed by atoms with Gasteiger partial charge >= 0.3 is 6.03 Å². The van der Waals surface area contributed by atoms with Crippen molar-refractivity contribution >= 4 is 32.5 Å². The molecule has 7 heteroatoms. The van der Waals surface area contributed by atoms with Gasteiger partial charge in [-0.1, -0.05) is 13.0 Å². The third kappa shape index (κ3) is 3.67. The first-order chi connectivity index (χ1) is 11.3. The number of carbonyl (C=O) groups excluding carboxylic acids is 1. The van der Waals surface area contributed by atoms with Gasteiger partial charge in [-0.2, -0.15) is 0 Å². The van der Waals surface area contributed by atoms with E-state index in [9.17, 15) is 13.2 Å². The Morgan fingerprint density at radius 2 is 2.17 bits per heavy atom. The Hall–Kier alpha value is -2.15. The SMILES string of the molecule is Cc1cc(NC(=O)N2CCS(=O)(=O)CC(C)C2)c2ncccc2c1. The molecule has 1 aromatic heterocycles. The van der Waals surface area contributed by atoms with Gasteiger partial charge in [-0.15, -0.1) is 0 Å². The zero-order valence-corrected chi connectivity index (χ0v) is 14.6. The number of nitrogens with one attached hydrogen (secondary N) is 1. The van der Waals surface area contributed by atoms with Gasteiger partial charge in [-0.25, -0.2) is 13.2 Å². The van der Waals surface area contributed by atoms with Gasteiger partial charge in [0.25, 0.3) is 0 Å². The predicted molar refractivity (Wildman–Crippen MR) is 94.9 cm³/mol. The van der Waals surface area contributed by atoms with Crippen LogP contribution in [0, 0.1) is 12.8 Å². The van der Waals surface area contributed by atoms with Gasteiger partial charge in [0.1, 0.15) is 0 Å². The summed E-state index contributed by atoms with van der Waals surface area (Å²) in [6, 6.07) is 7.42. The Labute approximate surface area is 141 Å². The van der Waals surface area contributed by atoms with Crippen LogP contribution in [0.15, 0.2) is 30.5 Å². The summed E-state index contributed by atoms with van der Waals surface area (Å²) in [7, 11) is -3.08. The van der Waals surface area contributed by atoms with Gasteiger partial charge in [0.05, 0.1) is 22.7 Å². The monoisotopic (exact) mass is 347 g/mol. The van der Waals surface area contributed by atoms with Gasteiger partial charge in [0, 0.05) is 24.7 Å². The van der Waals surface area contributed by atoms with E-state index >= 15 is 0 Å². The number of rotatable bonds is 1. The first-order valence-electron chi connectivity index (χ1n) is 7.96. The molecule has 0 saturated carbocycles. The number of aromatic nitrogens is 1. The number of fused-ring (bicyclic) bond motifs is 1. The number of urea groups is 1. The molecule has 2 amide bonds. The predicted octanol–water partition coefficient (Wildman–Crippen LogP) is 2.44. The van der Waals surface area contributed by atoms with Crippen molar-refractivity contribution in [2.24, 2.45) is 5.92 Å². The second-order valence-electron chi connectivity index (χ2n) is 6.48. The summed E-state index contributed by atoms with van der Waals surface area (Å²) in [5.41, 5.74) is 2.40. The fourth-order valence-corrected chi connectivity index (χ4v) is 4.74. The summed E-state index contributed by atoms with van der Waals surface area (Å²) >= 11 is 0. The van der Waals surface area contributed by atoms with E-state index in [0.29, 0.717) is 12.2 Å². The van der Waals surface area contributed by atoms with E-state index < -0.39 is 9.84 Å². The van der Waals surface area contributed by atoms with Gasteiger partial charge in [-0.05, 0) is 36.6 Å². The summed E-state index contributed by atoms with van der Waals surface area (Å²) in [4.78, 5) is 18.5. The minimum atomic E-state index is -3.08. The highest BCUT2D eigenvalue weighted by Gasteiger charge is 2.27. The zero-order chi connectivity index (χ0) is 17.3. The number of amides is 2. The molecule has 0 radical (unpaired) electrons. The largest absolute Gasteiger partial charge is 0.323 e. The molecule has 24 heavy (non-hydrogen) atoms. The van der Waals surface area contributed by atoms with Gasteiger partial charge in [0.15, 0.2) is 9.84 Å². The van der Waals surface area contributed by atoms with Crippen LogP contribution in [0.2, 0.25) is 0 Å². The lowest BCUT2D eigenvalue weighted by atomic mass is 10.1. The van der Waals surface area contributed by atoms with Crippen LogP contribution in [-0.2, 0) is 9.84 Å². The fourth-order valence-electron chi connectivity index (χ4n) is 3.10. The van der Waals surface area contributed by atoms with Crippen LogP contribution in [0.3, 0.4) is 0 Å².